The largest absolute Gasteiger partial charge is 0.508 e. The van der Waals surface area contributed by atoms with E-state index < -0.39 is 0 Å². The summed E-state index contributed by atoms with van der Waals surface area (Å²) in [5.41, 5.74) is 9.27. The number of imide groups is 1. The van der Waals surface area contributed by atoms with E-state index >= 15 is 0 Å². The number of nitrogens with zero attached hydrogens (tertiary/aromatic N) is 3. The maximum absolute atomic E-state index is 12.5. The van der Waals surface area contributed by atoms with Crippen LogP contribution in [-0.2, 0) is 22.7 Å². The molecule has 1 unspecified atom stereocenters. The molecule has 4 heterocycles. The number of halogens is 1. The third-order valence-corrected chi connectivity index (χ3v) is 12.6. The van der Waals surface area contributed by atoms with Gasteiger partial charge in [0.1, 0.15) is 18.1 Å². The minimum absolute atomic E-state index is 0.157. The van der Waals surface area contributed by atoms with E-state index in [-0.39, 0.29) is 23.6 Å². The normalized spacial score (nSPS) is 21.3. The summed E-state index contributed by atoms with van der Waals surface area (Å²) >= 11 is 6.34. The number of allylic oxidation sites excluding steroid dienone is 1. The number of amides is 2. The van der Waals surface area contributed by atoms with Crippen LogP contribution < -0.4 is 15.4 Å². The number of phenols is 1. The number of aromatic hydroxyl groups is 1. The molecule has 3 N–H and O–H groups in total. The Bertz CT molecular complexity index is 2050. The molecule has 10 heteroatoms. The van der Waals surface area contributed by atoms with Crippen LogP contribution in [0.5, 0.6) is 11.5 Å². The maximum Gasteiger partial charge on any atom is 0.243 e. The van der Waals surface area contributed by atoms with Crippen LogP contribution in [0, 0.1) is 5.92 Å². The fraction of sp³-hybridized carbons (Fsp3) is 0.417. The first kappa shape index (κ1) is 40.1. The van der Waals surface area contributed by atoms with Crippen molar-refractivity contribution in [2.24, 2.45) is 5.92 Å². The molecule has 58 heavy (non-hydrogen) atoms. The molecule has 304 valence electrons. The van der Waals surface area contributed by atoms with E-state index in [0.29, 0.717) is 31.4 Å². The van der Waals surface area contributed by atoms with E-state index in [4.69, 9.17) is 16.3 Å². The summed E-state index contributed by atoms with van der Waals surface area (Å²) in [4.78, 5) is 31.5. The Balaban J connectivity index is 0.787. The van der Waals surface area contributed by atoms with Gasteiger partial charge in [0.15, 0.2) is 0 Å². The number of rotatable bonds is 14. The summed E-state index contributed by atoms with van der Waals surface area (Å²) in [6, 6.07) is 33.1. The monoisotopic (exact) mass is 801 g/mol. The zero-order valence-electron chi connectivity index (χ0n) is 33.4. The van der Waals surface area contributed by atoms with Crippen LogP contribution in [0.2, 0.25) is 0 Å². The quantitative estimate of drug-likeness (QED) is 0.0677. The lowest BCUT2D eigenvalue weighted by atomic mass is 9.88. The van der Waals surface area contributed by atoms with E-state index in [1.165, 1.54) is 48.9 Å². The Morgan fingerprint density at radius 3 is 2.29 bits per heavy atom. The van der Waals surface area contributed by atoms with Crippen molar-refractivity contribution < 1.29 is 19.4 Å². The first-order valence-electron chi connectivity index (χ1n) is 21.2. The van der Waals surface area contributed by atoms with E-state index in [2.05, 4.69) is 92.1 Å². The summed E-state index contributed by atoms with van der Waals surface area (Å²) < 4.78 is 6.28. The van der Waals surface area contributed by atoms with Gasteiger partial charge in [0.25, 0.3) is 0 Å². The van der Waals surface area contributed by atoms with Gasteiger partial charge in [-0.05, 0) is 139 Å². The number of likely N-dealkylation sites (tertiary alicyclic amines) is 2. The van der Waals surface area contributed by atoms with Crippen molar-refractivity contribution in [1.82, 2.24) is 20.0 Å². The van der Waals surface area contributed by atoms with Crippen molar-refractivity contribution in [3.8, 4) is 11.5 Å². The SMILES string of the molecule is O=C1CCC(N2Cc3ccc(N[C@@H]4CCCN(CC5CCN(CCOc6ccc(C(=C(CCCl)c7ccccc7)c7ccc(O)cc7)cc6)CC5)C4)cc3C2)C(=O)N1. The molecule has 0 spiro atoms. The van der Waals surface area contributed by atoms with Crippen molar-refractivity contribution in [3.05, 3.63) is 125 Å². The fourth-order valence-electron chi connectivity index (χ4n) is 9.40. The van der Waals surface area contributed by atoms with E-state index in [9.17, 15) is 14.7 Å². The lowest BCUT2D eigenvalue weighted by Gasteiger charge is -2.38. The highest BCUT2D eigenvalue weighted by molar-refractivity contribution is 6.18. The van der Waals surface area contributed by atoms with Crippen molar-refractivity contribution in [2.75, 3.05) is 57.1 Å². The summed E-state index contributed by atoms with van der Waals surface area (Å²) in [7, 11) is 0. The number of hydrogen-bond donors (Lipinski definition) is 3. The molecule has 3 saturated heterocycles. The molecule has 4 aromatic carbocycles. The van der Waals surface area contributed by atoms with Gasteiger partial charge in [-0.15, -0.1) is 11.6 Å². The lowest BCUT2D eigenvalue weighted by Crippen LogP contribution is -2.50. The van der Waals surface area contributed by atoms with Crippen LogP contribution in [0.25, 0.3) is 11.1 Å². The smallest absolute Gasteiger partial charge is 0.243 e. The number of benzene rings is 4. The lowest BCUT2D eigenvalue weighted by molar-refractivity contribution is -0.137. The molecule has 0 bridgehead atoms. The van der Waals surface area contributed by atoms with Crippen LogP contribution in [-0.4, -0.2) is 95.5 Å². The number of hydrogen-bond acceptors (Lipinski definition) is 8. The molecule has 4 aromatic rings. The fourth-order valence-corrected chi connectivity index (χ4v) is 9.58. The van der Waals surface area contributed by atoms with Gasteiger partial charge >= 0.3 is 0 Å². The van der Waals surface area contributed by atoms with Gasteiger partial charge in [0, 0.05) is 56.8 Å². The molecule has 2 atom stereocenters. The molecule has 4 aliphatic heterocycles. The highest BCUT2D eigenvalue weighted by Gasteiger charge is 2.35. The predicted molar refractivity (Wildman–Crippen MR) is 232 cm³/mol. The summed E-state index contributed by atoms with van der Waals surface area (Å²) in [6.07, 6.45) is 6.56. The maximum atomic E-state index is 12.5. The Labute approximate surface area is 348 Å². The number of piperidine rings is 3. The molecule has 9 nitrogen and oxygen atoms in total. The van der Waals surface area contributed by atoms with Gasteiger partial charge in [-0.3, -0.25) is 24.7 Å². The number of anilines is 1. The molecule has 0 aromatic heterocycles. The Morgan fingerprint density at radius 1 is 0.810 bits per heavy atom. The zero-order valence-corrected chi connectivity index (χ0v) is 34.1. The molecule has 0 radical (unpaired) electrons. The second-order valence-electron chi connectivity index (χ2n) is 16.5. The minimum Gasteiger partial charge on any atom is -0.508 e. The molecular weight excluding hydrogens is 746 g/mol. The topological polar surface area (TPSA) is 97.4 Å². The first-order chi connectivity index (χ1) is 28.4. The van der Waals surface area contributed by atoms with Gasteiger partial charge in [-0.25, -0.2) is 0 Å². The van der Waals surface area contributed by atoms with Gasteiger partial charge in [-0.2, -0.15) is 0 Å². The van der Waals surface area contributed by atoms with Crippen molar-refractivity contribution >= 4 is 40.2 Å². The molecule has 3 fully saturated rings. The third-order valence-electron chi connectivity index (χ3n) is 12.4. The highest BCUT2D eigenvalue weighted by Crippen LogP contribution is 2.36. The summed E-state index contributed by atoms with van der Waals surface area (Å²) in [5.74, 6) is 2.02. The number of nitrogens with one attached hydrogen (secondary N) is 2. The predicted octanol–water partition coefficient (Wildman–Crippen LogP) is 7.77. The zero-order chi connectivity index (χ0) is 39.8. The Morgan fingerprint density at radius 2 is 1.55 bits per heavy atom. The van der Waals surface area contributed by atoms with E-state index in [1.54, 1.807) is 12.1 Å². The van der Waals surface area contributed by atoms with Crippen LogP contribution >= 0.6 is 11.6 Å². The number of carbonyl (C=O) groups excluding carboxylic acids is 2. The van der Waals surface area contributed by atoms with E-state index in [1.807, 2.05) is 18.2 Å². The molecule has 0 saturated carbocycles. The van der Waals surface area contributed by atoms with Crippen molar-refractivity contribution in [3.63, 3.8) is 0 Å². The Hall–Kier alpha value is -4.67. The number of phenolic OH excluding ortho intramolecular Hbond substituents is 1. The molecule has 2 amide bonds. The van der Waals surface area contributed by atoms with Crippen molar-refractivity contribution in [1.29, 1.82) is 0 Å². The number of carbonyl (C=O) groups is 2. The summed E-state index contributed by atoms with van der Waals surface area (Å²) in [6.45, 7) is 8.70. The Kier molecular flexibility index (Phi) is 13.1. The average molecular weight is 802 g/mol. The third kappa shape index (κ3) is 9.95. The van der Waals surface area contributed by atoms with E-state index in [0.717, 1.165) is 91.9 Å². The molecule has 0 aliphatic carbocycles. The second kappa shape index (κ2) is 18.9. The highest BCUT2D eigenvalue weighted by atomic mass is 35.5. The molecule has 4 aliphatic rings. The number of fused-ring (bicyclic) bond motifs is 1. The first-order valence-corrected chi connectivity index (χ1v) is 21.7. The van der Waals surface area contributed by atoms with Crippen LogP contribution in [0.1, 0.15) is 72.8 Å². The average Bonchev–Trinajstić information content (AvgIpc) is 3.66. The number of ether oxygens (including phenoxy) is 1. The van der Waals surface area contributed by atoms with Crippen LogP contribution in [0.15, 0.2) is 97.1 Å². The standard InChI is InChI=1S/C48H56ClN5O4/c49-23-20-44(35-5-2-1-3-6-35)47(36-9-14-42(55)15-10-36)37-11-16-43(17-12-37)58-28-27-52-25-21-34(22-26-52)30-53-24-4-7-41(33-53)50-40-13-8-38-31-54(32-39(38)29-40)45-18-19-46(56)51-48(45)57/h1-3,5-6,8-17,29,34,41,45,50,55H,4,7,18-28,30-33H2,(H,51,56,57)/t41-,45?/m1/s1. The van der Waals surface area contributed by atoms with Gasteiger partial charge in [0.05, 0.1) is 6.04 Å². The van der Waals surface area contributed by atoms with Crippen LogP contribution in [0.3, 0.4) is 0 Å². The second-order valence-corrected chi connectivity index (χ2v) is 16.8. The molecule has 8 rings (SSSR count). The van der Waals surface area contributed by atoms with Gasteiger partial charge in [-0.1, -0.05) is 60.7 Å². The van der Waals surface area contributed by atoms with Gasteiger partial charge < -0.3 is 20.1 Å². The van der Waals surface area contributed by atoms with Crippen LogP contribution in [0.4, 0.5) is 5.69 Å². The minimum atomic E-state index is -0.227. The van der Waals surface area contributed by atoms with Gasteiger partial charge in [0.2, 0.25) is 11.8 Å². The summed E-state index contributed by atoms with van der Waals surface area (Å²) in [5, 5.41) is 16.4. The molecular formula is C48H56ClN5O4. The van der Waals surface area contributed by atoms with Crippen molar-refractivity contribution in [2.45, 2.75) is 70.1 Å². The number of alkyl halides is 1.